The lowest BCUT2D eigenvalue weighted by atomic mass is 9.98. The normalized spacial score (nSPS) is 33.4. The number of amides is 2. The van der Waals surface area contributed by atoms with E-state index < -0.39 is 6.17 Å². The maximum Gasteiger partial charge on any atom is 0.317 e. The van der Waals surface area contributed by atoms with Crippen LogP contribution in [0.1, 0.15) is 26.2 Å². The summed E-state index contributed by atoms with van der Waals surface area (Å²) >= 11 is 0. The Balaban J connectivity index is 1.39. The lowest BCUT2D eigenvalue weighted by Crippen LogP contribution is -2.48. The Kier molecular flexibility index (Phi) is 4.67. The van der Waals surface area contributed by atoms with Gasteiger partial charge in [0.15, 0.2) is 0 Å². The fourth-order valence-electron chi connectivity index (χ4n) is 4.95. The van der Waals surface area contributed by atoms with E-state index in [1.165, 1.54) is 5.69 Å². The smallest absolute Gasteiger partial charge is 0.317 e. The largest absolute Gasteiger partial charge is 0.497 e. The molecule has 0 bridgehead atoms. The van der Waals surface area contributed by atoms with Crippen molar-refractivity contribution in [3.8, 4) is 5.75 Å². The monoisotopic (exact) mass is 361 g/mol. The third-order valence-electron chi connectivity index (χ3n) is 6.37. The molecule has 1 aromatic carbocycles. The van der Waals surface area contributed by atoms with Crippen molar-refractivity contribution in [3.05, 3.63) is 24.3 Å². The molecule has 142 valence electrons. The van der Waals surface area contributed by atoms with Gasteiger partial charge in [0, 0.05) is 49.3 Å². The number of methoxy groups -OCH3 is 1. The summed E-state index contributed by atoms with van der Waals surface area (Å²) in [5.41, 5.74) is 1.18. The first-order valence-corrected chi connectivity index (χ1v) is 9.65. The second kappa shape index (κ2) is 6.97. The summed E-state index contributed by atoms with van der Waals surface area (Å²) in [7, 11) is 1.69. The number of hydrogen-bond donors (Lipinski definition) is 1. The first-order chi connectivity index (χ1) is 12.5. The summed E-state index contributed by atoms with van der Waals surface area (Å²) in [5.74, 6) is 1.94. The van der Waals surface area contributed by atoms with E-state index >= 15 is 0 Å². The van der Waals surface area contributed by atoms with Crippen molar-refractivity contribution in [2.24, 2.45) is 11.8 Å². The van der Waals surface area contributed by atoms with Gasteiger partial charge in [-0.15, -0.1) is 0 Å². The number of anilines is 1. The molecule has 2 heterocycles. The maximum atomic E-state index is 13.6. The molecule has 26 heavy (non-hydrogen) atoms. The van der Waals surface area contributed by atoms with Crippen LogP contribution in [0, 0.1) is 11.8 Å². The lowest BCUT2D eigenvalue weighted by Gasteiger charge is -2.27. The molecule has 1 aliphatic carbocycles. The van der Waals surface area contributed by atoms with Crippen LogP contribution in [0.25, 0.3) is 0 Å². The summed E-state index contributed by atoms with van der Waals surface area (Å²) < 4.78 is 18.9. The molecule has 2 aliphatic heterocycles. The number of carbonyl (C=O) groups is 1. The molecule has 4 rings (SSSR count). The highest BCUT2D eigenvalue weighted by molar-refractivity contribution is 5.75. The van der Waals surface area contributed by atoms with Crippen molar-refractivity contribution >= 4 is 11.7 Å². The standard InChI is InChI=1S/C20H28FN3O2/c1-13-8-15(21)11-24(13)20(25)22-19-7-6-14-10-23(12-18(14)19)16-4-3-5-17(9-16)26-2/h3-5,9,13-15,18-19H,6-8,10-12H2,1-2H3,(H,22,25)/t13?,14-,15-,18+,19+/m1/s1. The Hall–Kier alpha value is -1.98. The Labute approximate surface area is 154 Å². The van der Waals surface area contributed by atoms with E-state index in [9.17, 15) is 9.18 Å². The number of alkyl halides is 1. The molecular formula is C20H28FN3O2. The number of benzene rings is 1. The molecule has 0 radical (unpaired) electrons. The van der Waals surface area contributed by atoms with Crippen molar-refractivity contribution in [1.29, 1.82) is 0 Å². The number of likely N-dealkylation sites (tertiary alicyclic amines) is 1. The van der Waals surface area contributed by atoms with Crippen LogP contribution in [-0.2, 0) is 0 Å². The van der Waals surface area contributed by atoms with Crippen molar-refractivity contribution in [3.63, 3.8) is 0 Å². The number of nitrogens with one attached hydrogen (secondary N) is 1. The van der Waals surface area contributed by atoms with Crippen LogP contribution in [-0.4, -0.2) is 55.9 Å². The molecule has 5 atom stereocenters. The Morgan fingerprint density at radius 3 is 2.85 bits per heavy atom. The molecule has 0 spiro atoms. The van der Waals surface area contributed by atoms with Gasteiger partial charge in [0.25, 0.3) is 0 Å². The predicted molar refractivity (Wildman–Crippen MR) is 99.4 cm³/mol. The molecular weight excluding hydrogens is 333 g/mol. The SMILES string of the molecule is COc1cccc(N2C[C@H]3CC[C@H](NC(=O)N4C[C@H](F)CC4C)[C@H]3C2)c1. The summed E-state index contributed by atoms with van der Waals surface area (Å²) in [6, 6.07) is 8.24. The fraction of sp³-hybridized carbons (Fsp3) is 0.650. The van der Waals surface area contributed by atoms with E-state index in [1.807, 2.05) is 19.1 Å². The lowest BCUT2D eigenvalue weighted by molar-refractivity contribution is 0.186. The summed E-state index contributed by atoms with van der Waals surface area (Å²) in [5, 5.41) is 3.21. The molecule has 6 heteroatoms. The zero-order valence-corrected chi connectivity index (χ0v) is 15.5. The van der Waals surface area contributed by atoms with Crippen molar-refractivity contribution < 1.29 is 13.9 Å². The zero-order valence-electron chi connectivity index (χ0n) is 15.5. The number of fused-ring (bicyclic) bond motifs is 1. The van der Waals surface area contributed by atoms with Gasteiger partial charge in [0.1, 0.15) is 11.9 Å². The highest BCUT2D eigenvalue weighted by atomic mass is 19.1. The molecule has 3 aliphatic rings. The minimum atomic E-state index is -0.887. The third kappa shape index (κ3) is 3.21. The van der Waals surface area contributed by atoms with Crippen LogP contribution in [0.4, 0.5) is 14.9 Å². The van der Waals surface area contributed by atoms with Crippen LogP contribution < -0.4 is 15.0 Å². The molecule has 3 fully saturated rings. The van der Waals surface area contributed by atoms with Gasteiger partial charge >= 0.3 is 6.03 Å². The Bertz CT molecular complexity index is 670. The zero-order chi connectivity index (χ0) is 18.3. The molecule has 2 amide bonds. The number of rotatable bonds is 3. The first-order valence-electron chi connectivity index (χ1n) is 9.65. The van der Waals surface area contributed by atoms with Crippen LogP contribution in [0.3, 0.4) is 0 Å². The van der Waals surface area contributed by atoms with Gasteiger partial charge in [-0.2, -0.15) is 0 Å². The first kappa shape index (κ1) is 17.4. The van der Waals surface area contributed by atoms with Crippen molar-refractivity contribution in [1.82, 2.24) is 10.2 Å². The molecule has 0 aromatic heterocycles. The van der Waals surface area contributed by atoms with Gasteiger partial charge in [-0.1, -0.05) is 6.07 Å². The van der Waals surface area contributed by atoms with Gasteiger partial charge < -0.3 is 19.9 Å². The van der Waals surface area contributed by atoms with E-state index in [4.69, 9.17) is 4.74 Å². The van der Waals surface area contributed by atoms with E-state index in [0.29, 0.717) is 18.3 Å². The Morgan fingerprint density at radius 2 is 2.12 bits per heavy atom. The summed E-state index contributed by atoms with van der Waals surface area (Å²) in [4.78, 5) is 16.7. The van der Waals surface area contributed by atoms with E-state index in [2.05, 4.69) is 22.3 Å². The minimum Gasteiger partial charge on any atom is -0.497 e. The molecule has 1 saturated carbocycles. The van der Waals surface area contributed by atoms with E-state index in [-0.39, 0.29) is 24.7 Å². The third-order valence-corrected chi connectivity index (χ3v) is 6.37. The molecule has 1 aromatic rings. The molecule has 2 saturated heterocycles. The van der Waals surface area contributed by atoms with E-state index in [0.717, 1.165) is 31.7 Å². The number of carbonyl (C=O) groups excluding carboxylic acids is 1. The van der Waals surface area contributed by atoms with Crippen LogP contribution in [0.2, 0.25) is 0 Å². The minimum absolute atomic E-state index is 0.0148. The van der Waals surface area contributed by atoms with Gasteiger partial charge in [-0.3, -0.25) is 0 Å². The van der Waals surface area contributed by atoms with Gasteiger partial charge in [-0.25, -0.2) is 9.18 Å². The average molecular weight is 361 g/mol. The average Bonchev–Trinajstić information content (AvgIpc) is 3.30. The van der Waals surface area contributed by atoms with Crippen LogP contribution in [0.15, 0.2) is 24.3 Å². The fourth-order valence-corrected chi connectivity index (χ4v) is 4.95. The topological polar surface area (TPSA) is 44.8 Å². The molecule has 1 unspecified atom stereocenters. The van der Waals surface area contributed by atoms with Crippen LogP contribution in [0.5, 0.6) is 5.75 Å². The number of urea groups is 1. The van der Waals surface area contributed by atoms with Crippen molar-refractivity contribution in [2.45, 2.75) is 44.4 Å². The highest BCUT2D eigenvalue weighted by Crippen LogP contribution is 2.40. The van der Waals surface area contributed by atoms with Gasteiger partial charge in [0.05, 0.1) is 13.7 Å². The summed E-state index contributed by atoms with van der Waals surface area (Å²) in [6.07, 6.45) is 1.72. The Morgan fingerprint density at radius 1 is 1.27 bits per heavy atom. The van der Waals surface area contributed by atoms with Crippen molar-refractivity contribution in [2.75, 3.05) is 31.6 Å². The number of hydrogen-bond acceptors (Lipinski definition) is 3. The number of ether oxygens (including phenoxy) is 1. The summed E-state index contributed by atoms with van der Waals surface area (Å²) in [6.45, 7) is 4.13. The van der Waals surface area contributed by atoms with Gasteiger partial charge in [0.2, 0.25) is 0 Å². The molecule has 5 nitrogen and oxygen atoms in total. The quantitative estimate of drug-likeness (QED) is 0.900. The number of nitrogens with zero attached hydrogens (tertiary/aromatic N) is 2. The highest BCUT2D eigenvalue weighted by Gasteiger charge is 2.44. The maximum absolute atomic E-state index is 13.6. The second-order valence-electron chi connectivity index (χ2n) is 8.00. The van der Waals surface area contributed by atoms with Gasteiger partial charge in [-0.05, 0) is 37.8 Å². The predicted octanol–water partition coefficient (Wildman–Crippen LogP) is 3.05. The number of halogens is 1. The van der Waals surface area contributed by atoms with Crippen LogP contribution >= 0.6 is 0 Å². The second-order valence-corrected chi connectivity index (χ2v) is 8.00. The van der Waals surface area contributed by atoms with E-state index in [1.54, 1.807) is 12.0 Å². The molecule has 1 N–H and O–H groups in total.